The van der Waals surface area contributed by atoms with Crippen molar-refractivity contribution < 1.29 is 9.53 Å². The summed E-state index contributed by atoms with van der Waals surface area (Å²) in [6.45, 7) is 3.91. The molecule has 2 rings (SSSR count). The molecule has 126 valence electrons. The van der Waals surface area contributed by atoms with E-state index >= 15 is 0 Å². The highest BCUT2D eigenvalue weighted by Crippen LogP contribution is 2.35. The maximum Gasteiger partial charge on any atom is 0.273 e. The van der Waals surface area contributed by atoms with Gasteiger partial charge in [0.2, 0.25) is 0 Å². The fraction of sp³-hybridized carbons (Fsp3) is 0.176. The van der Waals surface area contributed by atoms with Crippen molar-refractivity contribution >= 4 is 49.7 Å². The topological polar surface area (TPSA) is 76.7 Å². The standard InChI is InChI=1S/C17H17Br2N3O2/c1-10(2)24-16-13(18)7-11(8-14(16)19)9-21-22-17(23)12-5-3-4-6-15(12)20/h3-10H,20H2,1-2H3,(H,22,23)/b21-9-. The van der Waals surface area contributed by atoms with E-state index in [0.29, 0.717) is 11.3 Å². The molecule has 5 nitrogen and oxygen atoms in total. The van der Waals surface area contributed by atoms with Crippen LogP contribution in [0.1, 0.15) is 29.8 Å². The second-order valence-electron chi connectivity index (χ2n) is 5.27. The molecule has 0 spiro atoms. The Labute approximate surface area is 157 Å². The van der Waals surface area contributed by atoms with Crippen LogP contribution in [-0.2, 0) is 0 Å². The lowest BCUT2D eigenvalue weighted by molar-refractivity contribution is 0.0956. The summed E-state index contributed by atoms with van der Waals surface area (Å²) in [5.74, 6) is 0.366. The molecule has 0 aromatic heterocycles. The number of rotatable bonds is 5. The van der Waals surface area contributed by atoms with Crippen molar-refractivity contribution in [1.29, 1.82) is 0 Å². The summed E-state index contributed by atoms with van der Waals surface area (Å²) in [6.07, 6.45) is 1.61. The van der Waals surface area contributed by atoms with Gasteiger partial charge in [0.25, 0.3) is 5.91 Å². The number of nitrogens with one attached hydrogen (secondary N) is 1. The Morgan fingerprint density at radius 1 is 1.25 bits per heavy atom. The van der Waals surface area contributed by atoms with Crippen molar-refractivity contribution in [3.63, 3.8) is 0 Å². The van der Waals surface area contributed by atoms with Gasteiger partial charge in [-0.1, -0.05) is 12.1 Å². The van der Waals surface area contributed by atoms with E-state index in [1.54, 1.807) is 30.5 Å². The Morgan fingerprint density at radius 3 is 2.46 bits per heavy atom. The number of anilines is 1. The molecule has 1 amide bonds. The molecule has 2 aromatic rings. The quantitative estimate of drug-likeness (QED) is 0.400. The molecule has 0 aliphatic rings. The van der Waals surface area contributed by atoms with Gasteiger partial charge in [0.05, 0.1) is 26.8 Å². The maximum atomic E-state index is 12.0. The number of hydrogen-bond acceptors (Lipinski definition) is 4. The van der Waals surface area contributed by atoms with Gasteiger partial charge in [-0.3, -0.25) is 4.79 Å². The van der Waals surface area contributed by atoms with E-state index in [2.05, 4.69) is 42.4 Å². The molecule has 0 aliphatic carbocycles. The fourth-order valence-electron chi connectivity index (χ4n) is 1.93. The van der Waals surface area contributed by atoms with Crippen LogP contribution in [0.25, 0.3) is 0 Å². The van der Waals surface area contributed by atoms with Crippen molar-refractivity contribution in [1.82, 2.24) is 5.43 Å². The highest BCUT2D eigenvalue weighted by atomic mass is 79.9. The Balaban J connectivity index is 2.10. The van der Waals surface area contributed by atoms with Crippen molar-refractivity contribution in [2.75, 3.05) is 5.73 Å². The van der Waals surface area contributed by atoms with Crippen molar-refractivity contribution in [3.05, 3.63) is 56.5 Å². The van der Waals surface area contributed by atoms with Gasteiger partial charge in [0, 0.05) is 5.69 Å². The Kier molecular flexibility index (Phi) is 6.39. The van der Waals surface area contributed by atoms with Gasteiger partial charge in [-0.2, -0.15) is 5.10 Å². The third-order valence-electron chi connectivity index (χ3n) is 2.96. The number of nitrogens with zero attached hydrogens (tertiary/aromatic N) is 1. The van der Waals surface area contributed by atoms with Crippen LogP contribution in [0.4, 0.5) is 5.69 Å². The third kappa shape index (κ3) is 4.82. The van der Waals surface area contributed by atoms with E-state index in [1.165, 1.54) is 0 Å². The summed E-state index contributed by atoms with van der Waals surface area (Å²) in [5, 5.41) is 3.97. The van der Waals surface area contributed by atoms with Crippen LogP contribution in [0.2, 0.25) is 0 Å². The highest BCUT2D eigenvalue weighted by molar-refractivity contribution is 9.11. The van der Waals surface area contributed by atoms with E-state index in [-0.39, 0.29) is 12.0 Å². The Hall–Kier alpha value is -1.86. The minimum atomic E-state index is -0.359. The van der Waals surface area contributed by atoms with Gasteiger partial charge in [0.15, 0.2) is 0 Å². The predicted molar refractivity (Wildman–Crippen MR) is 104 cm³/mol. The molecule has 0 fully saturated rings. The van der Waals surface area contributed by atoms with Crippen LogP contribution in [0, 0.1) is 0 Å². The number of nitrogens with two attached hydrogens (primary N) is 1. The summed E-state index contributed by atoms with van der Waals surface area (Å²) in [5.41, 5.74) is 9.82. The third-order valence-corrected chi connectivity index (χ3v) is 4.14. The fourth-order valence-corrected chi connectivity index (χ4v) is 3.34. The lowest BCUT2D eigenvalue weighted by Gasteiger charge is -2.13. The van der Waals surface area contributed by atoms with Crippen molar-refractivity contribution in [2.24, 2.45) is 5.10 Å². The molecule has 7 heteroatoms. The Bertz CT molecular complexity index is 753. The lowest BCUT2D eigenvalue weighted by atomic mass is 10.2. The molecule has 0 atom stereocenters. The van der Waals surface area contributed by atoms with Crippen LogP contribution in [0.15, 0.2) is 50.4 Å². The van der Waals surface area contributed by atoms with Crippen LogP contribution < -0.4 is 15.9 Å². The van der Waals surface area contributed by atoms with Gasteiger partial charge >= 0.3 is 0 Å². The number of para-hydroxylation sites is 1. The lowest BCUT2D eigenvalue weighted by Crippen LogP contribution is -2.19. The molecule has 0 unspecified atom stereocenters. The summed E-state index contributed by atoms with van der Waals surface area (Å²) in [7, 11) is 0. The first-order valence-corrected chi connectivity index (χ1v) is 8.80. The summed E-state index contributed by atoms with van der Waals surface area (Å²) < 4.78 is 7.32. The van der Waals surface area contributed by atoms with Gasteiger partial charge in [-0.15, -0.1) is 0 Å². The number of hydrogen-bond donors (Lipinski definition) is 2. The highest BCUT2D eigenvalue weighted by Gasteiger charge is 2.10. The normalized spacial score (nSPS) is 11.0. The molecule has 0 aliphatic heterocycles. The number of carbonyl (C=O) groups is 1. The first-order valence-electron chi connectivity index (χ1n) is 7.22. The molecule has 0 radical (unpaired) electrons. The molecule has 0 bridgehead atoms. The molecule has 0 saturated heterocycles. The zero-order chi connectivity index (χ0) is 17.7. The minimum absolute atomic E-state index is 0.0627. The number of halogens is 2. The second kappa shape index (κ2) is 8.30. The van der Waals surface area contributed by atoms with Crippen molar-refractivity contribution in [2.45, 2.75) is 20.0 Å². The summed E-state index contributed by atoms with van der Waals surface area (Å²) >= 11 is 6.95. The monoisotopic (exact) mass is 453 g/mol. The molecule has 0 heterocycles. The smallest absolute Gasteiger partial charge is 0.273 e. The van der Waals surface area contributed by atoms with Gasteiger partial charge < -0.3 is 10.5 Å². The van der Waals surface area contributed by atoms with Gasteiger partial charge in [-0.05, 0) is 75.5 Å². The summed E-state index contributed by atoms with van der Waals surface area (Å²) in [4.78, 5) is 12.0. The maximum absolute atomic E-state index is 12.0. The molecular weight excluding hydrogens is 438 g/mol. The van der Waals surface area contributed by atoms with E-state index in [9.17, 15) is 4.79 Å². The van der Waals surface area contributed by atoms with E-state index in [0.717, 1.165) is 20.3 Å². The predicted octanol–water partition coefficient (Wildman–Crippen LogP) is 4.34. The van der Waals surface area contributed by atoms with Gasteiger partial charge in [-0.25, -0.2) is 5.43 Å². The van der Waals surface area contributed by atoms with Crippen LogP contribution in [-0.4, -0.2) is 18.2 Å². The number of ether oxygens (including phenoxy) is 1. The Morgan fingerprint density at radius 2 is 1.88 bits per heavy atom. The van der Waals surface area contributed by atoms with Crippen LogP contribution >= 0.6 is 31.9 Å². The first-order chi connectivity index (χ1) is 11.4. The summed E-state index contributed by atoms with van der Waals surface area (Å²) in [6, 6.07) is 10.5. The average molecular weight is 455 g/mol. The van der Waals surface area contributed by atoms with Gasteiger partial charge in [0.1, 0.15) is 5.75 Å². The second-order valence-corrected chi connectivity index (χ2v) is 6.98. The molecule has 3 N–H and O–H groups in total. The molecular formula is C17H17Br2N3O2. The SMILES string of the molecule is CC(C)Oc1c(Br)cc(/C=N\NC(=O)c2ccccc2N)cc1Br. The molecule has 2 aromatic carbocycles. The number of nitrogen functional groups attached to an aromatic ring is 1. The van der Waals surface area contributed by atoms with E-state index in [1.807, 2.05) is 26.0 Å². The molecule has 0 saturated carbocycles. The number of amides is 1. The average Bonchev–Trinajstić information content (AvgIpc) is 2.51. The first kappa shape index (κ1) is 18.5. The minimum Gasteiger partial charge on any atom is -0.489 e. The van der Waals surface area contributed by atoms with E-state index < -0.39 is 0 Å². The zero-order valence-electron chi connectivity index (χ0n) is 13.2. The number of hydrazone groups is 1. The largest absolute Gasteiger partial charge is 0.489 e. The van der Waals surface area contributed by atoms with Crippen LogP contribution in [0.3, 0.4) is 0 Å². The van der Waals surface area contributed by atoms with E-state index in [4.69, 9.17) is 10.5 Å². The number of carbonyl (C=O) groups excluding carboxylic acids is 1. The molecule has 24 heavy (non-hydrogen) atoms. The van der Waals surface area contributed by atoms with Crippen molar-refractivity contribution in [3.8, 4) is 5.75 Å². The van der Waals surface area contributed by atoms with Crippen LogP contribution in [0.5, 0.6) is 5.75 Å². The zero-order valence-corrected chi connectivity index (χ0v) is 16.4. The number of benzene rings is 2.